The summed E-state index contributed by atoms with van der Waals surface area (Å²) in [5.74, 6) is 1.65. The van der Waals surface area contributed by atoms with Crippen molar-refractivity contribution >= 4 is 27.2 Å². The third-order valence-electron chi connectivity index (χ3n) is 2.60. The minimum atomic E-state index is 0.504. The fraction of sp³-hybridized carbons (Fsp3) is 0.0769. The van der Waals surface area contributed by atoms with Crippen LogP contribution in [-0.2, 0) is 0 Å². The van der Waals surface area contributed by atoms with Gasteiger partial charge >= 0.3 is 0 Å². The normalized spacial score (nSPS) is 10.6. The summed E-state index contributed by atoms with van der Waals surface area (Å²) in [6.07, 6.45) is 1.48. The summed E-state index contributed by atoms with van der Waals surface area (Å²) in [7, 11) is 1.58. The van der Waals surface area contributed by atoms with Crippen molar-refractivity contribution in [1.29, 1.82) is 0 Å². The summed E-state index contributed by atoms with van der Waals surface area (Å²) in [5, 5.41) is 1.95. The molecule has 19 heavy (non-hydrogen) atoms. The summed E-state index contributed by atoms with van der Waals surface area (Å²) >= 11 is 1.53. The van der Waals surface area contributed by atoms with Gasteiger partial charge in [-0.2, -0.15) is 0 Å². The number of nitrogens with two attached hydrogens (primary N) is 1. The molecule has 0 amide bonds. The number of rotatable bonds is 3. The van der Waals surface area contributed by atoms with Gasteiger partial charge in [-0.3, -0.25) is 0 Å². The van der Waals surface area contributed by atoms with E-state index in [0.29, 0.717) is 23.1 Å². The Morgan fingerprint density at radius 2 is 2.05 bits per heavy atom. The molecule has 0 radical (unpaired) electrons. The van der Waals surface area contributed by atoms with Crippen LogP contribution in [0.3, 0.4) is 0 Å². The lowest BCUT2D eigenvalue weighted by atomic mass is 10.3. The van der Waals surface area contributed by atoms with E-state index in [1.165, 1.54) is 17.7 Å². The van der Waals surface area contributed by atoms with Crippen molar-refractivity contribution in [3.05, 3.63) is 36.0 Å². The predicted octanol–water partition coefficient (Wildman–Crippen LogP) is 3.07. The Bertz CT molecular complexity index is 727. The number of fused-ring (bicyclic) bond motifs is 1. The number of hydrogen-bond donors (Lipinski definition) is 1. The van der Waals surface area contributed by atoms with Gasteiger partial charge in [0.2, 0.25) is 5.88 Å². The number of methoxy groups -OCH3 is 1. The predicted molar refractivity (Wildman–Crippen MR) is 74.9 cm³/mol. The van der Waals surface area contributed by atoms with E-state index >= 15 is 0 Å². The van der Waals surface area contributed by atoms with Crippen LogP contribution in [0.4, 0.5) is 5.69 Å². The molecule has 0 fully saturated rings. The third kappa shape index (κ3) is 2.17. The smallest absolute Gasteiger partial charge is 0.240 e. The monoisotopic (exact) mass is 273 g/mol. The molecule has 0 bridgehead atoms. The Labute approximate surface area is 113 Å². The molecule has 0 aliphatic carbocycles. The van der Waals surface area contributed by atoms with Gasteiger partial charge in [0.05, 0.1) is 12.6 Å². The highest BCUT2D eigenvalue weighted by atomic mass is 32.1. The van der Waals surface area contributed by atoms with E-state index in [1.54, 1.807) is 25.3 Å². The molecule has 96 valence electrons. The molecule has 0 spiro atoms. The summed E-state index contributed by atoms with van der Waals surface area (Å²) in [4.78, 5) is 8.33. The van der Waals surface area contributed by atoms with Crippen molar-refractivity contribution in [2.45, 2.75) is 0 Å². The number of benzene rings is 1. The van der Waals surface area contributed by atoms with Gasteiger partial charge in [0.25, 0.3) is 0 Å². The van der Waals surface area contributed by atoms with Crippen LogP contribution in [0.25, 0.3) is 10.2 Å². The lowest BCUT2D eigenvalue weighted by molar-refractivity contribution is 0.376. The molecule has 3 aromatic rings. The average molecular weight is 273 g/mol. The molecule has 0 saturated heterocycles. The second kappa shape index (κ2) is 4.74. The Balaban J connectivity index is 2.05. The van der Waals surface area contributed by atoms with Crippen molar-refractivity contribution in [1.82, 2.24) is 9.97 Å². The zero-order chi connectivity index (χ0) is 13.2. The van der Waals surface area contributed by atoms with Crippen LogP contribution in [0.15, 0.2) is 36.0 Å². The molecule has 6 heteroatoms. The minimum Gasteiger partial charge on any atom is -0.493 e. The van der Waals surface area contributed by atoms with E-state index in [-0.39, 0.29) is 0 Å². The van der Waals surface area contributed by atoms with Crippen molar-refractivity contribution in [2.75, 3.05) is 12.8 Å². The second-order valence-electron chi connectivity index (χ2n) is 3.83. The molecular weight excluding hydrogens is 262 g/mol. The minimum absolute atomic E-state index is 0.504. The first-order valence-corrected chi connectivity index (χ1v) is 6.45. The van der Waals surface area contributed by atoms with E-state index in [0.717, 1.165) is 10.2 Å². The van der Waals surface area contributed by atoms with E-state index < -0.39 is 0 Å². The van der Waals surface area contributed by atoms with Crippen molar-refractivity contribution in [2.24, 2.45) is 0 Å². The van der Waals surface area contributed by atoms with E-state index in [2.05, 4.69) is 9.97 Å². The van der Waals surface area contributed by atoms with Crippen molar-refractivity contribution < 1.29 is 9.47 Å². The van der Waals surface area contributed by atoms with Crippen LogP contribution in [-0.4, -0.2) is 17.1 Å². The molecule has 2 aromatic heterocycles. The lowest BCUT2D eigenvalue weighted by Crippen LogP contribution is -1.94. The molecular formula is C13H11N3O2S. The standard InChI is InChI=1S/C13H11N3O2S/c1-17-10-3-2-8(14)6-11(10)18-13-12-9(4-5-19-12)15-7-16-13/h2-7H,14H2,1H3. The highest BCUT2D eigenvalue weighted by Crippen LogP contribution is 2.36. The maximum Gasteiger partial charge on any atom is 0.240 e. The van der Waals surface area contributed by atoms with Gasteiger partial charge in [-0.05, 0) is 23.6 Å². The first-order valence-electron chi connectivity index (χ1n) is 5.57. The quantitative estimate of drug-likeness (QED) is 0.742. The number of anilines is 1. The molecule has 0 aliphatic rings. The Kier molecular flexibility index (Phi) is 2.92. The molecule has 0 atom stereocenters. The molecule has 2 N–H and O–H groups in total. The number of aromatic nitrogens is 2. The van der Waals surface area contributed by atoms with Crippen LogP contribution in [0.2, 0.25) is 0 Å². The number of thiophene rings is 1. The molecule has 0 aliphatic heterocycles. The van der Waals surface area contributed by atoms with Crippen molar-refractivity contribution in [3.63, 3.8) is 0 Å². The number of ether oxygens (including phenoxy) is 2. The molecule has 3 rings (SSSR count). The Morgan fingerprint density at radius 3 is 2.89 bits per heavy atom. The zero-order valence-electron chi connectivity index (χ0n) is 10.2. The van der Waals surface area contributed by atoms with Gasteiger partial charge in [-0.25, -0.2) is 9.97 Å². The van der Waals surface area contributed by atoms with E-state index in [9.17, 15) is 0 Å². The molecule has 0 saturated carbocycles. The maximum absolute atomic E-state index is 5.81. The van der Waals surface area contributed by atoms with Crippen LogP contribution in [0.1, 0.15) is 0 Å². The van der Waals surface area contributed by atoms with Crippen LogP contribution >= 0.6 is 11.3 Å². The number of nitrogens with zero attached hydrogens (tertiary/aromatic N) is 2. The van der Waals surface area contributed by atoms with Gasteiger partial charge in [0.1, 0.15) is 11.0 Å². The zero-order valence-corrected chi connectivity index (χ0v) is 11.0. The van der Waals surface area contributed by atoms with Gasteiger partial charge < -0.3 is 15.2 Å². The number of hydrogen-bond acceptors (Lipinski definition) is 6. The van der Waals surface area contributed by atoms with E-state index in [1.807, 2.05) is 11.4 Å². The van der Waals surface area contributed by atoms with Gasteiger partial charge in [-0.1, -0.05) is 0 Å². The largest absolute Gasteiger partial charge is 0.493 e. The average Bonchev–Trinajstić information content (AvgIpc) is 2.88. The summed E-state index contributed by atoms with van der Waals surface area (Å²) < 4.78 is 11.9. The maximum atomic E-state index is 5.81. The first kappa shape index (κ1) is 11.7. The molecule has 0 unspecified atom stereocenters. The number of nitrogen functional groups attached to an aromatic ring is 1. The van der Waals surface area contributed by atoms with Crippen LogP contribution < -0.4 is 15.2 Å². The molecule has 5 nitrogen and oxygen atoms in total. The Morgan fingerprint density at radius 1 is 1.16 bits per heavy atom. The summed E-state index contributed by atoms with van der Waals surface area (Å²) in [5.41, 5.74) is 7.23. The summed E-state index contributed by atoms with van der Waals surface area (Å²) in [6.45, 7) is 0. The fourth-order valence-corrected chi connectivity index (χ4v) is 2.49. The van der Waals surface area contributed by atoms with Gasteiger partial charge in [0, 0.05) is 11.8 Å². The van der Waals surface area contributed by atoms with Gasteiger partial charge in [0.15, 0.2) is 11.5 Å². The SMILES string of the molecule is COc1ccc(N)cc1Oc1ncnc2ccsc12. The molecule has 1 aromatic carbocycles. The van der Waals surface area contributed by atoms with Crippen LogP contribution in [0.5, 0.6) is 17.4 Å². The third-order valence-corrected chi connectivity index (χ3v) is 3.50. The summed E-state index contributed by atoms with van der Waals surface area (Å²) in [6, 6.07) is 7.15. The van der Waals surface area contributed by atoms with E-state index in [4.69, 9.17) is 15.2 Å². The highest BCUT2D eigenvalue weighted by Gasteiger charge is 2.11. The Hall–Kier alpha value is -2.34. The fourth-order valence-electron chi connectivity index (χ4n) is 1.72. The first-order chi connectivity index (χ1) is 9.28. The molecule has 2 heterocycles. The topological polar surface area (TPSA) is 70.3 Å². The van der Waals surface area contributed by atoms with Crippen LogP contribution in [0, 0.1) is 0 Å². The highest BCUT2D eigenvalue weighted by molar-refractivity contribution is 7.17. The van der Waals surface area contributed by atoms with Crippen molar-refractivity contribution in [3.8, 4) is 17.4 Å². The van der Waals surface area contributed by atoms with Gasteiger partial charge in [-0.15, -0.1) is 11.3 Å². The second-order valence-corrected chi connectivity index (χ2v) is 4.74. The lowest BCUT2D eigenvalue weighted by Gasteiger charge is -2.10.